The summed E-state index contributed by atoms with van der Waals surface area (Å²) in [6.07, 6.45) is 4.89. The lowest BCUT2D eigenvalue weighted by Crippen LogP contribution is -2.24. The van der Waals surface area contributed by atoms with Crippen LogP contribution in [0.2, 0.25) is 0 Å². The summed E-state index contributed by atoms with van der Waals surface area (Å²) in [6.45, 7) is 3.85. The van der Waals surface area contributed by atoms with Crippen molar-refractivity contribution in [1.82, 2.24) is 15.1 Å². The third kappa shape index (κ3) is 4.67. The van der Waals surface area contributed by atoms with E-state index in [1.165, 1.54) is 0 Å². The molecule has 0 aliphatic heterocycles. The number of amides is 1. The zero-order valence-electron chi connectivity index (χ0n) is 16.3. The number of methoxy groups -OCH3 is 1. The van der Waals surface area contributed by atoms with Gasteiger partial charge in [0.1, 0.15) is 23.1 Å². The third-order valence-electron chi connectivity index (χ3n) is 4.26. The van der Waals surface area contributed by atoms with Crippen LogP contribution in [0, 0.1) is 11.3 Å². The van der Waals surface area contributed by atoms with E-state index in [0.29, 0.717) is 17.0 Å². The van der Waals surface area contributed by atoms with Crippen LogP contribution in [0.25, 0.3) is 23.0 Å². The van der Waals surface area contributed by atoms with Crippen LogP contribution in [0.5, 0.6) is 5.75 Å². The topological polar surface area (TPSA) is 79.9 Å². The molecule has 0 fully saturated rings. The molecule has 1 heterocycles. The molecule has 0 saturated carbocycles. The van der Waals surface area contributed by atoms with Gasteiger partial charge in [-0.2, -0.15) is 10.4 Å². The fraction of sp³-hybridized carbons (Fsp3) is 0.0870. The van der Waals surface area contributed by atoms with Crippen molar-refractivity contribution in [2.45, 2.75) is 0 Å². The number of hydrogen-bond acceptors (Lipinski definition) is 4. The minimum absolute atomic E-state index is 0.0155. The second-order valence-electron chi connectivity index (χ2n) is 6.23. The van der Waals surface area contributed by atoms with Gasteiger partial charge in [-0.05, 0) is 52.3 Å². The van der Waals surface area contributed by atoms with Crippen molar-refractivity contribution in [1.29, 1.82) is 5.26 Å². The van der Waals surface area contributed by atoms with Crippen molar-refractivity contribution < 1.29 is 9.53 Å². The Balaban J connectivity index is 2.13. The Kier molecular flexibility index (Phi) is 6.83. The normalized spacial score (nSPS) is 10.9. The SMILES string of the molecule is C=CCNC(=O)C(C#N)=Cc1cn(-c2ccccc2)nc1-c1ccc(OC)c(Br)c1. The molecule has 6 nitrogen and oxygen atoms in total. The first kappa shape index (κ1) is 21.1. The Morgan fingerprint density at radius 2 is 2.10 bits per heavy atom. The first-order valence-corrected chi connectivity index (χ1v) is 9.86. The lowest BCUT2D eigenvalue weighted by molar-refractivity contribution is -0.116. The molecule has 1 amide bonds. The quantitative estimate of drug-likeness (QED) is 0.318. The monoisotopic (exact) mass is 462 g/mol. The van der Waals surface area contributed by atoms with Crippen LogP contribution in [-0.4, -0.2) is 29.3 Å². The number of nitriles is 1. The summed E-state index contributed by atoms with van der Waals surface area (Å²) >= 11 is 3.50. The zero-order chi connectivity index (χ0) is 21.5. The summed E-state index contributed by atoms with van der Waals surface area (Å²) in [7, 11) is 1.60. The number of hydrogen-bond donors (Lipinski definition) is 1. The number of nitrogens with zero attached hydrogens (tertiary/aromatic N) is 3. The smallest absolute Gasteiger partial charge is 0.262 e. The first-order valence-electron chi connectivity index (χ1n) is 9.07. The summed E-state index contributed by atoms with van der Waals surface area (Å²) < 4.78 is 7.80. The molecule has 0 saturated heterocycles. The third-order valence-corrected chi connectivity index (χ3v) is 4.88. The van der Waals surface area contributed by atoms with Crippen LogP contribution >= 0.6 is 15.9 Å². The highest BCUT2D eigenvalue weighted by Gasteiger charge is 2.16. The Hall–Kier alpha value is -3.63. The summed E-state index contributed by atoms with van der Waals surface area (Å²) in [4.78, 5) is 12.3. The number of carbonyl (C=O) groups is 1. The van der Waals surface area contributed by atoms with E-state index in [9.17, 15) is 10.1 Å². The molecule has 0 aliphatic carbocycles. The Morgan fingerprint density at radius 1 is 1.33 bits per heavy atom. The molecule has 1 N–H and O–H groups in total. The van der Waals surface area contributed by atoms with Crippen molar-refractivity contribution in [3.63, 3.8) is 0 Å². The van der Waals surface area contributed by atoms with Crippen LogP contribution in [0.15, 0.2) is 77.4 Å². The minimum Gasteiger partial charge on any atom is -0.496 e. The largest absolute Gasteiger partial charge is 0.496 e. The summed E-state index contributed by atoms with van der Waals surface area (Å²) in [5.41, 5.74) is 2.93. The molecular weight excluding hydrogens is 444 g/mol. The summed E-state index contributed by atoms with van der Waals surface area (Å²) in [5, 5.41) is 16.8. The van der Waals surface area contributed by atoms with Crippen molar-refractivity contribution in [2.24, 2.45) is 0 Å². The number of ether oxygens (including phenoxy) is 1. The van der Waals surface area contributed by atoms with Gasteiger partial charge < -0.3 is 10.1 Å². The van der Waals surface area contributed by atoms with E-state index in [2.05, 4.69) is 27.8 Å². The molecule has 150 valence electrons. The van der Waals surface area contributed by atoms with E-state index >= 15 is 0 Å². The molecule has 0 aliphatic rings. The number of para-hydroxylation sites is 1. The maximum Gasteiger partial charge on any atom is 0.262 e. The summed E-state index contributed by atoms with van der Waals surface area (Å²) in [5.74, 6) is 0.228. The van der Waals surface area contributed by atoms with E-state index in [-0.39, 0.29) is 12.1 Å². The molecule has 1 aromatic heterocycles. The fourth-order valence-electron chi connectivity index (χ4n) is 2.81. The fourth-order valence-corrected chi connectivity index (χ4v) is 3.35. The average Bonchev–Trinajstić information content (AvgIpc) is 3.20. The van der Waals surface area contributed by atoms with Crippen molar-refractivity contribution in [3.05, 3.63) is 83.0 Å². The molecule has 0 bridgehead atoms. The van der Waals surface area contributed by atoms with E-state index in [0.717, 1.165) is 15.7 Å². The van der Waals surface area contributed by atoms with Gasteiger partial charge in [0.2, 0.25) is 0 Å². The molecule has 0 radical (unpaired) electrons. The molecule has 3 rings (SSSR count). The number of carbonyl (C=O) groups excluding carboxylic acids is 1. The van der Waals surface area contributed by atoms with Gasteiger partial charge in [-0.1, -0.05) is 24.3 Å². The first-order chi connectivity index (χ1) is 14.6. The second kappa shape index (κ2) is 9.72. The lowest BCUT2D eigenvalue weighted by atomic mass is 10.1. The number of halogens is 1. The maximum absolute atomic E-state index is 12.3. The van der Waals surface area contributed by atoms with Crippen LogP contribution < -0.4 is 10.1 Å². The van der Waals surface area contributed by atoms with Gasteiger partial charge in [0.25, 0.3) is 5.91 Å². The molecule has 0 spiro atoms. The highest BCUT2D eigenvalue weighted by molar-refractivity contribution is 9.10. The van der Waals surface area contributed by atoms with Gasteiger partial charge in [0.05, 0.1) is 17.3 Å². The predicted molar refractivity (Wildman–Crippen MR) is 120 cm³/mol. The van der Waals surface area contributed by atoms with Crippen LogP contribution in [0.4, 0.5) is 0 Å². The standard InChI is InChI=1S/C23H19BrN4O2/c1-3-11-26-23(29)17(14-25)12-18-15-28(19-7-5-4-6-8-19)27-22(18)16-9-10-21(30-2)20(24)13-16/h3-10,12-13,15H,1,11H2,2H3,(H,26,29). The van der Waals surface area contributed by atoms with Crippen molar-refractivity contribution in [3.8, 4) is 28.8 Å². The van der Waals surface area contributed by atoms with Gasteiger partial charge in [-0.3, -0.25) is 4.79 Å². The van der Waals surface area contributed by atoms with Crippen LogP contribution in [0.1, 0.15) is 5.56 Å². The van der Waals surface area contributed by atoms with E-state index in [4.69, 9.17) is 9.84 Å². The van der Waals surface area contributed by atoms with Gasteiger partial charge in [-0.25, -0.2) is 4.68 Å². The number of rotatable bonds is 7. The molecule has 0 unspecified atom stereocenters. The average molecular weight is 463 g/mol. The second-order valence-corrected chi connectivity index (χ2v) is 7.09. The van der Waals surface area contributed by atoms with E-state index < -0.39 is 5.91 Å². The van der Waals surface area contributed by atoms with Crippen molar-refractivity contribution in [2.75, 3.05) is 13.7 Å². The molecule has 0 atom stereocenters. The molecule has 2 aromatic carbocycles. The molecular formula is C23H19BrN4O2. The van der Waals surface area contributed by atoms with Crippen LogP contribution in [0.3, 0.4) is 0 Å². The maximum atomic E-state index is 12.3. The summed E-state index contributed by atoms with van der Waals surface area (Å²) in [6, 6.07) is 17.2. The van der Waals surface area contributed by atoms with E-state index in [1.807, 2.05) is 54.6 Å². The molecule has 30 heavy (non-hydrogen) atoms. The van der Waals surface area contributed by atoms with E-state index in [1.54, 1.807) is 30.1 Å². The zero-order valence-corrected chi connectivity index (χ0v) is 17.9. The number of aromatic nitrogens is 2. The molecule has 7 heteroatoms. The highest BCUT2D eigenvalue weighted by Crippen LogP contribution is 2.32. The molecule has 3 aromatic rings. The van der Waals surface area contributed by atoms with Gasteiger partial charge in [0, 0.05) is 23.9 Å². The van der Waals surface area contributed by atoms with Gasteiger partial charge in [-0.15, -0.1) is 6.58 Å². The Morgan fingerprint density at radius 3 is 2.73 bits per heavy atom. The van der Waals surface area contributed by atoms with Crippen molar-refractivity contribution >= 4 is 27.9 Å². The van der Waals surface area contributed by atoms with Gasteiger partial charge in [0.15, 0.2) is 0 Å². The van der Waals surface area contributed by atoms with Gasteiger partial charge >= 0.3 is 0 Å². The minimum atomic E-state index is -0.466. The Bertz CT molecular complexity index is 1140. The number of benzene rings is 2. The lowest BCUT2D eigenvalue weighted by Gasteiger charge is -2.06. The Labute approximate surface area is 183 Å². The highest BCUT2D eigenvalue weighted by atomic mass is 79.9. The van der Waals surface area contributed by atoms with Crippen LogP contribution in [-0.2, 0) is 4.79 Å². The predicted octanol–water partition coefficient (Wildman–Crippen LogP) is 4.52. The number of nitrogens with one attached hydrogen (secondary N) is 1.